The molecule has 94 valence electrons. The van der Waals surface area contributed by atoms with E-state index in [0.717, 1.165) is 5.56 Å². The summed E-state index contributed by atoms with van der Waals surface area (Å²) in [7, 11) is 0. The molecule has 0 unspecified atom stereocenters. The van der Waals surface area contributed by atoms with Gasteiger partial charge in [0.25, 0.3) is 5.69 Å². The fourth-order valence-corrected chi connectivity index (χ4v) is 2.41. The van der Waals surface area contributed by atoms with E-state index in [-0.39, 0.29) is 29.2 Å². The summed E-state index contributed by atoms with van der Waals surface area (Å²) < 4.78 is 0. The monoisotopic (exact) mass is 247 g/mol. The highest BCUT2D eigenvalue weighted by Gasteiger charge is 2.28. The Morgan fingerprint density at radius 3 is 2.72 bits per heavy atom. The van der Waals surface area contributed by atoms with Crippen LogP contribution in [0.15, 0.2) is 12.1 Å². The number of nitrogens with zero attached hydrogens (tertiary/aromatic N) is 1. The molecule has 0 N–H and O–H groups in total. The van der Waals surface area contributed by atoms with Crippen LogP contribution >= 0.6 is 0 Å². The van der Waals surface area contributed by atoms with E-state index in [2.05, 4.69) is 0 Å². The number of hydrogen-bond acceptors (Lipinski definition) is 4. The SMILES string of the molecule is CC(=O)Cc1ccc([N+](=O)[O-])c2c1CCCC2=O. The van der Waals surface area contributed by atoms with Gasteiger partial charge in [-0.25, -0.2) is 0 Å². The quantitative estimate of drug-likeness (QED) is 0.606. The van der Waals surface area contributed by atoms with Crippen molar-refractivity contribution in [2.75, 3.05) is 0 Å². The van der Waals surface area contributed by atoms with Crippen LogP contribution in [0.4, 0.5) is 5.69 Å². The summed E-state index contributed by atoms with van der Waals surface area (Å²) in [5.41, 5.74) is 1.51. The van der Waals surface area contributed by atoms with Gasteiger partial charge >= 0.3 is 0 Å². The number of benzene rings is 1. The van der Waals surface area contributed by atoms with Crippen LogP contribution in [-0.2, 0) is 17.6 Å². The highest BCUT2D eigenvalue weighted by atomic mass is 16.6. The first-order valence-electron chi connectivity index (χ1n) is 5.82. The Morgan fingerprint density at radius 1 is 1.39 bits per heavy atom. The number of carbonyl (C=O) groups excluding carboxylic acids is 2. The van der Waals surface area contributed by atoms with Crippen molar-refractivity contribution in [2.45, 2.75) is 32.6 Å². The van der Waals surface area contributed by atoms with Crippen molar-refractivity contribution in [3.8, 4) is 0 Å². The first kappa shape index (κ1) is 12.4. The van der Waals surface area contributed by atoms with Gasteiger partial charge in [-0.3, -0.25) is 19.7 Å². The van der Waals surface area contributed by atoms with Gasteiger partial charge in [-0.2, -0.15) is 0 Å². The van der Waals surface area contributed by atoms with Crippen molar-refractivity contribution in [1.29, 1.82) is 0 Å². The largest absolute Gasteiger partial charge is 0.300 e. The minimum absolute atomic E-state index is 0.0101. The standard InChI is InChI=1S/C13H13NO4/c1-8(15)7-9-5-6-11(14(17)18)13-10(9)3-2-4-12(13)16/h5-6H,2-4,7H2,1H3. The number of carbonyl (C=O) groups is 2. The number of nitro groups is 1. The molecule has 0 bridgehead atoms. The molecule has 18 heavy (non-hydrogen) atoms. The summed E-state index contributed by atoms with van der Waals surface area (Å²) in [5.74, 6) is -0.197. The summed E-state index contributed by atoms with van der Waals surface area (Å²) in [6, 6.07) is 2.93. The molecule has 5 heteroatoms. The lowest BCUT2D eigenvalue weighted by molar-refractivity contribution is -0.385. The Bertz CT molecular complexity index is 548. The molecule has 5 nitrogen and oxygen atoms in total. The van der Waals surface area contributed by atoms with E-state index in [9.17, 15) is 19.7 Å². The van der Waals surface area contributed by atoms with Crippen molar-refractivity contribution in [1.82, 2.24) is 0 Å². The maximum absolute atomic E-state index is 11.9. The molecule has 0 spiro atoms. The molecule has 0 aromatic heterocycles. The highest BCUT2D eigenvalue weighted by molar-refractivity contribution is 6.02. The van der Waals surface area contributed by atoms with Gasteiger partial charge in [-0.1, -0.05) is 6.07 Å². The second-order valence-corrected chi connectivity index (χ2v) is 4.51. The summed E-state index contributed by atoms with van der Waals surface area (Å²) in [6.07, 6.45) is 1.90. The molecule has 0 heterocycles. The molecule has 1 aromatic rings. The molecule has 1 aromatic carbocycles. The van der Waals surface area contributed by atoms with Gasteiger partial charge in [0.05, 0.1) is 10.5 Å². The van der Waals surface area contributed by atoms with E-state index in [0.29, 0.717) is 24.8 Å². The maximum atomic E-state index is 11.9. The lowest BCUT2D eigenvalue weighted by atomic mass is 9.85. The number of fused-ring (bicyclic) bond motifs is 1. The summed E-state index contributed by atoms with van der Waals surface area (Å²) in [4.78, 5) is 33.5. The normalized spacial score (nSPS) is 14.2. The number of ketones is 2. The number of hydrogen-bond donors (Lipinski definition) is 0. The summed E-state index contributed by atoms with van der Waals surface area (Å²) in [6.45, 7) is 1.47. The number of rotatable bonds is 3. The predicted octanol–water partition coefficient (Wildman–Crippen LogP) is 2.25. The predicted molar refractivity (Wildman–Crippen MR) is 64.7 cm³/mol. The van der Waals surface area contributed by atoms with E-state index in [1.165, 1.54) is 13.0 Å². The van der Waals surface area contributed by atoms with Crippen LogP contribution in [0.2, 0.25) is 0 Å². The molecule has 0 atom stereocenters. The number of Topliss-reactive ketones (excluding diaryl/α,β-unsaturated/α-hetero) is 2. The van der Waals surface area contributed by atoms with Gasteiger partial charge in [-0.05, 0) is 30.9 Å². The van der Waals surface area contributed by atoms with E-state index < -0.39 is 4.92 Å². The smallest absolute Gasteiger partial charge is 0.280 e. The molecule has 0 radical (unpaired) electrons. The van der Waals surface area contributed by atoms with Gasteiger partial charge < -0.3 is 0 Å². The molecular formula is C13H13NO4. The molecule has 0 saturated heterocycles. The van der Waals surface area contributed by atoms with Gasteiger partial charge in [0, 0.05) is 18.9 Å². The minimum Gasteiger partial charge on any atom is -0.300 e. The maximum Gasteiger partial charge on any atom is 0.280 e. The lowest BCUT2D eigenvalue weighted by Gasteiger charge is -2.17. The Morgan fingerprint density at radius 2 is 2.11 bits per heavy atom. The third-order valence-corrected chi connectivity index (χ3v) is 3.13. The van der Waals surface area contributed by atoms with E-state index in [1.807, 2.05) is 0 Å². The topological polar surface area (TPSA) is 77.3 Å². The Balaban J connectivity index is 2.61. The van der Waals surface area contributed by atoms with Crippen LogP contribution in [-0.4, -0.2) is 16.5 Å². The lowest BCUT2D eigenvalue weighted by Crippen LogP contribution is -2.16. The Kier molecular flexibility index (Phi) is 3.23. The Hall–Kier alpha value is -2.04. The molecule has 1 aliphatic carbocycles. The highest BCUT2D eigenvalue weighted by Crippen LogP contribution is 2.32. The zero-order valence-electron chi connectivity index (χ0n) is 10.1. The summed E-state index contributed by atoms with van der Waals surface area (Å²) in [5, 5.41) is 10.9. The van der Waals surface area contributed by atoms with Crippen molar-refractivity contribution >= 4 is 17.3 Å². The van der Waals surface area contributed by atoms with Crippen LogP contribution in [0.5, 0.6) is 0 Å². The van der Waals surface area contributed by atoms with Gasteiger partial charge in [0.1, 0.15) is 5.78 Å². The van der Waals surface area contributed by atoms with Crippen molar-refractivity contribution in [2.24, 2.45) is 0 Å². The molecule has 1 aliphatic rings. The molecule has 0 aliphatic heterocycles. The second-order valence-electron chi connectivity index (χ2n) is 4.51. The van der Waals surface area contributed by atoms with Crippen LogP contribution in [0.1, 0.15) is 41.3 Å². The van der Waals surface area contributed by atoms with Gasteiger partial charge in [0.2, 0.25) is 0 Å². The van der Waals surface area contributed by atoms with E-state index in [1.54, 1.807) is 6.07 Å². The minimum atomic E-state index is -0.528. The number of nitro benzene ring substituents is 1. The van der Waals surface area contributed by atoms with Crippen molar-refractivity contribution < 1.29 is 14.5 Å². The van der Waals surface area contributed by atoms with E-state index >= 15 is 0 Å². The first-order valence-corrected chi connectivity index (χ1v) is 5.82. The van der Waals surface area contributed by atoms with Crippen LogP contribution in [0.3, 0.4) is 0 Å². The van der Waals surface area contributed by atoms with Crippen molar-refractivity contribution in [3.05, 3.63) is 38.9 Å². The van der Waals surface area contributed by atoms with Gasteiger partial charge in [-0.15, -0.1) is 0 Å². The molecule has 2 rings (SSSR count). The van der Waals surface area contributed by atoms with Gasteiger partial charge in [0.15, 0.2) is 5.78 Å². The van der Waals surface area contributed by atoms with Crippen LogP contribution < -0.4 is 0 Å². The molecule has 0 saturated carbocycles. The first-order chi connectivity index (χ1) is 8.50. The molecule has 0 fully saturated rings. The Labute approximate surface area is 104 Å². The fraction of sp³-hybridized carbons (Fsp3) is 0.385. The zero-order valence-corrected chi connectivity index (χ0v) is 10.1. The van der Waals surface area contributed by atoms with E-state index in [4.69, 9.17) is 0 Å². The third kappa shape index (κ3) is 2.16. The molecular weight excluding hydrogens is 234 g/mol. The molecule has 0 amide bonds. The fourth-order valence-electron chi connectivity index (χ4n) is 2.41. The average molecular weight is 247 g/mol. The average Bonchev–Trinajstić information content (AvgIpc) is 2.29. The summed E-state index contributed by atoms with van der Waals surface area (Å²) >= 11 is 0. The van der Waals surface area contributed by atoms with Crippen LogP contribution in [0, 0.1) is 10.1 Å². The second kappa shape index (κ2) is 4.68. The third-order valence-electron chi connectivity index (χ3n) is 3.13. The van der Waals surface area contributed by atoms with Crippen molar-refractivity contribution in [3.63, 3.8) is 0 Å². The zero-order chi connectivity index (χ0) is 13.3. The van der Waals surface area contributed by atoms with Crippen LogP contribution in [0.25, 0.3) is 0 Å².